The van der Waals surface area contributed by atoms with Crippen molar-refractivity contribution in [2.45, 2.75) is 6.42 Å². The number of ketones is 1. The second-order valence-corrected chi connectivity index (χ2v) is 5.13. The summed E-state index contributed by atoms with van der Waals surface area (Å²) >= 11 is 0. The number of nitrogens with one attached hydrogen (secondary N) is 1. The summed E-state index contributed by atoms with van der Waals surface area (Å²) in [5, 5.41) is 0.945. The maximum absolute atomic E-state index is 13.1. The van der Waals surface area contributed by atoms with Crippen LogP contribution in [0, 0.1) is 5.82 Å². The largest absolute Gasteiger partial charge is 0.457 e. The van der Waals surface area contributed by atoms with E-state index in [1.165, 1.54) is 18.2 Å². The van der Waals surface area contributed by atoms with E-state index in [9.17, 15) is 14.0 Å². The Balaban J connectivity index is 1.60. The fraction of sp³-hybridized carbons (Fsp3) is 0.111. The molecule has 0 radical (unpaired) electrons. The van der Waals surface area contributed by atoms with Gasteiger partial charge in [-0.2, -0.15) is 0 Å². The predicted molar refractivity (Wildman–Crippen MR) is 83.7 cm³/mol. The molecule has 1 N–H and O–H groups in total. The Bertz CT molecular complexity index is 869. The Hall–Kier alpha value is -2.95. The summed E-state index contributed by atoms with van der Waals surface area (Å²) in [6.45, 7) is -0.398. The summed E-state index contributed by atoms with van der Waals surface area (Å²) < 4.78 is 18.1. The van der Waals surface area contributed by atoms with Gasteiger partial charge >= 0.3 is 5.97 Å². The van der Waals surface area contributed by atoms with E-state index in [0.29, 0.717) is 0 Å². The Morgan fingerprint density at radius 3 is 2.74 bits per heavy atom. The molecule has 0 unspecified atom stereocenters. The van der Waals surface area contributed by atoms with Crippen molar-refractivity contribution in [3.8, 4) is 0 Å². The molecule has 1 heterocycles. The number of ether oxygens (including phenoxy) is 1. The highest BCUT2D eigenvalue weighted by Gasteiger charge is 2.13. The van der Waals surface area contributed by atoms with Crippen molar-refractivity contribution in [1.82, 2.24) is 4.98 Å². The zero-order chi connectivity index (χ0) is 16.2. The van der Waals surface area contributed by atoms with Crippen LogP contribution in [0.25, 0.3) is 10.9 Å². The third kappa shape index (κ3) is 3.45. The van der Waals surface area contributed by atoms with Crippen LogP contribution in [0.15, 0.2) is 54.7 Å². The third-order valence-electron chi connectivity index (χ3n) is 3.52. The number of fused-ring (bicyclic) bond motifs is 1. The van der Waals surface area contributed by atoms with Crippen LogP contribution in [0.4, 0.5) is 4.39 Å². The number of aromatic amines is 1. The molecule has 0 spiro atoms. The number of para-hydroxylation sites is 1. The molecule has 1 aromatic heterocycles. The van der Waals surface area contributed by atoms with E-state index < -0.39 is 24.2 Å². The van der Waals surface area contributed by atoms with Crippen molar-refractivity contribution in [3.63, 3.8) is 0 Å². The van der Waals surface area contributed by atoms with Gasteiger partial charge in [-0.25, -0.2) is 4.39 Å². The molecular formula is C18H14FNO3. The van der Waals surface area contributed by atoms with Gasteiger partial charge in [-0.15, -0.1) is 0 Å². The van der Waals surface area contributed by atoms with Gasteiger partial charge in [0.2, 0.25) is 0 Å². The lowest BCUT2D eigenvalue weighted by Gasteiger charge is -2.04. The standard InChI is InChI=1S/C18H14FNO3/c19-14-5-3-4-12(8-14)17(21)11-23-18(22)9-13-10-20-16-7-2-1-6-15(13)16/h1-8,10,20H,9,11H2. The van der Waals surface area contributed by atoms with E-state index in [1.807, 2.05) is 24.3 Å². The summed E-state index contributed by atoms with van der Waals surface area (Å²) in [6, 6.07) is 12.9. The summed E-state index contributed by atoms with van der Waals surface area (Å²) in [4.78, 5) is 26.8. The average molecular weight is 311 g/mol. The van der Waals surface area contributed by atoms with E-state index in [2.05, 4.69) is 4.98 Å². The molecule has 0 fully saturated rings. The highest BCUT2D eigenvalue weighted by Crippen LogP contribution is 2.18. The molecule has 23 heavy (non-hydrogen) atoms. The highest BCUT2D eigenvalue weighted by molar-refractivity contribution is 5.98. The lowest BCUT2D eigenvalue weighted by molar-refractivity contribution is -0.141. The van der Waals surface area contributed by atoms with Crippen LogP contribution in [-0.4, -0.2) is 23.3 Å². The molecule has 0 amide bonds. The molecule has 0 aliphatic carbocycles. The zero-order valence-corrected chi connectivity index (χ0v) is 12.2. The second kappa shape index (κ2) is 6.44. The number of esters is 1. The highest BCUT2D eigenvalue weighted by atomic mass is 19.1. The summed E-state index contributed by atoms with van der Waals surface area (Å²) in [5.74, 6) is -1.43. The maximum Gasteiger partial charge on any atom is 0.310 e. The van der Waals surface area contributed by atoms with E-state index in [1.54, 1.807) is 6.20 Å². The van der Waals surface area contributed by atoms with Gasteiger partial charge in [-0.3, -0.25) is 9.59 Å². The molecule has 0 aliphatic heterocycles. The minimum absolute atomic E-state index is 0.0699. The Morgan fingerprint density at radius 2 is 1.91 bits per heavy atom. The maximum atomic E-state index is 13.1. The fourth-order valence-corrected chi connectivity index (χ4v) is 2.38. The summed E-state index contributed by atoms with van der Waals surface area (Å²) in [5.41, 5.74) is 1.93. The minimum atomic E-state index is -0.500. The minimum Gasteiger partial charge on any atom is -0.457 e. The number of carbonyl (C=O) groups is 2. The van der Waals surface area contributed by atoms with Crippen molar-refractivity contribution < 1.29 is 18.7 Å². The topological polar surface area (TPSA) is 59.2 Å². The molecule has 0 bridgehead atoms. The number of halogens is 1. The van der Waals surface area contributed by atoms with Gasteiger partial charge in [-0.05, 0) is 23.8 Å². The van der Waals surface area contributed by atoms with E-state index in [-0.39, 0.29) is 12.0 Å². The van der Waals surface area contributed by atoms with Crippen molar-refractivity contribution in [3.05, 3.63) is 71.7 Å². The van der Waals surface area contributed by atoms with Crippen molar-refractivity contribution >= 4 is 22.7 Å². The van der Waals surface area contributed by atoms with Crippen LogP contribution < -0.4 is 0 Å². The number of carbonyl (C=O) groups excluding carboxylic acids is 2. The quantitative estimate of drug-likeness (QED) is 0.581. The van der Waals surface area contributed by atoms with Gasteiger partial charge in [0, 0.05) is 22.7 Å². The van der Waals surface area contributed by atoms with Crippen LogP contribution >= 0.6 is 0 Å². The monoisotopic (exact) mass is 311 g/mol. The van der Waals surface area contributed by atoms with Crippen molar-refractivity contribution in [2.24, 2.45) is 0 Å². The third-order valence-corrected chi connectivity index (χ3v) is 3.52. The van der Waals surface area contributed by atoms with Crippen LogP contribution in [0.3, 0.4) is 0 Å². The van der Waals surface area contributed by atoms with Crippen LogP contribution in [0.2, 0.25) is 0 Å². The normalized spacial score (nSPS) is 10.7. The Morgan fingerprint density at radius 1 is 1.09 bits per heavy atom. The smallest absolute Gasteiger partial charge is 0.310 e. The lowest BCUT2D eigenvalue weighted by Crippen LogP contribution is -2.15. The number of rotatable bonds is 5. The van der Waals surface area contributed by atoms with Gasteiger partial charge in [0.05, 0.1) is 6.42 Å². The number of H-pyrrole nitrogens is 1. The molecule has 4 nitrogen and oxygen atoms in total. The van der Waals surface area contributed by atoms with Gasteiger partial charge in [-0.1, -0.05) is 30.3 Å². The fourth-order valence-electron chi connectivity index (χ4n) is 2.38. The SMILES string of the molecule is O=C(Cc1c[nH]c2ccccc12)OCC(=O)c1cccc(F)c1. The van der Waals surface area contributed by atoms with Crippen LogP contribution in [0.1, 0.15) is 15.9 Å². The zero-order valence-electron chi connectivity index (χ0n) is 12.2. The second-order valence-electron chi connectivity index (χ2n) is 5.13. The van der Waals surface area contributed by atoms with Gasteiger partial charge in [0.15, 0.2) is 12.4 Å². The number of aromatic nitrogens is 1. The lowest BCUT2D eigenvalue weighted by atomic mass is 10.1. The van der Waals surface area contributed by atoms with Gasteiger partial charge in [0.25, 0.3) is 0 Å². The summed E-state index contributed by atoms with van der Waals surface area (Å²) in [6.07, 6.45) is 1.82. The number of Topliss-reactive ketones (excluding diaryl/α,β-unsaturated/α-hetero) is 1. The van der Waals surface area contributed by atoms with Gasteiger partial charge < -0.3 is 9.72 Å². The molecule has 2 aromatic carbocycles. The average Bonchev–Trinajstić information content (AvgIpc) is 2.96. The molecule has 116 valence electrons. The predicted octanol–water partition coefficient (Wildman–Crippen LogP) is 3.28. The first kappa shape index (κ1) is 15.0. The molecule has 0 aliphatic rings. The molecule has 3 aromatic rings. The molecule has 0 atom stereocenters. The molecule has 0 saturated heterocycles. The van der Waals surface area contributed by atoms with E-state index in [4.69, 9.17) is 4.74 Å². The first-order valence-corrected chi connectivity index (χ1v) is 7.13. The number of hydrogen-bond donors (Lipinski definition) is 1. The van der Waals surface area contributed by atoms with Crippen LogP contribution in [-0.2, 0) is 16.0 Å². The molecular weight excluding hydrogens is 297 g/mol. The summed E-state index contributed by atoms with van der Waals surface area (Å²) in [7, 11) is 0. The van der Waals surface area contributed by atoms with Crippen LogP contribution in [0.5, 0.6) is 0 Å². The van der Waals surface area contributed by atoms with Crippen molar-refractivity contribution in [2.75, 3.05) is 6.61 Å². The first-order chi connectivity index (χ1) is 11.1. The molecule has 3 rings (SSSR count). The number of benzene rings is 2. The van der Waals surface area contributed by atoms with E-state index >= 15 is 0 Å². The van der Waals surface area contributed by atoms with Gasteiger partial charge in [0.1, 0.15) is 5.82 Å². The Kier molecular flexibility index (Phi) is 4.19. The molecule has 5 heteroatoms. The van der Waals surface area contributed by atoms with Crippen molar-refractivity contribution in [1.29, 1.82) is 0 Å². The number of hydrogen-bond acceptors (Lipinski definition) is 3. The first-order valence-electron chi connectivity index (χ1n) is 7.13. The van der Waals surface area contributed by atoms with E-state index in [0.717, 1.165) is 22.5 Å². The molecule has 0 saturated carbocycles. The Labute approximate surface area is 131 Å².